The molecule has 0 bridgehead atoms. The minimum absolute atomic E-state index is 0.181. The Kier molecular flexibility index (Phi) is 5.15. The molecule has 0 radical (unpaired) electrons. The number of ether oxygens (including phenoxy) is 1. The number of rotatable bonds is 6. The van der Waals surface area contributed by atoms with Crippen molar-refractivity contribution in [1.29, 1.82) is 0 Å². The van der Waals surface area contributed by atoms with Gasteiger partial charge in [0.25, 0.3) is 5.91 Å². The molecule has 2 N–H and O–H groups in total. The number of carbonyl (C=O) groups excluding carboxylic acids is 3. The lowest BCUT2D eigenvalue weighted by molar-refractivity contribution is -0.135. The Morgan fingerprint density at radius 1 is 1.38 bits per heavy atom. The maximum atomic E-state index is 12.6. The topological polar surface area (TPSA) is 87.7 Å². The van der Waals surface area contributed by atoms with E-state index in [4.69, 9.17) is 4.74 Å². The summed E-state index contributed by atoms with van der Waals surface area (Å²) in [5, 5.41) is 5.65. The number of para-hydroxylation sites is 1. The zero-order valence-electron chi connectivity index (χ0n) is 15.2. The lowest BCUT2D eigenvalue weighted by Gasteiger charge is -2.27. The molecule has 140 valence electrons. The van der Waals surface area contributed by atoms with E-state index in [2.05, 4.69) is 10.6 Å². The highest BCUT2D eigenvalue weighted by molar-refractivity contribution is 6.08. The summed E-state index contributed by atoms with van der Waals surface area (Å²) < 4.78 is 5.59. The molecule has 2 aliphatic heterocycles. The molecular formula is C19H25N3O4. The van der Waals surface area contributed by atoms with Crippen LogP contribution in [0.3, 0.4) is 0 Å². The van der Waals surface area contributed by atoms with Gasteiger partial charge in [0, 0.05) is 12.0 Å². The summed E-state index contributed by atoms with van der Waals surface area (Å²) in [5.41, 5.74) is -0.00404. The number of hydrogen-bond donors (Lipinski definition) is 2. The molecule has 4 amide bonds. The Morgan fingerprint density at radius 3 is 2.92 bits per heavy atom. The predicted molar refractivity (Wildman–Crippen MR) is 95.6 cm³/mol. The largest absolute Gasteiger partial charge is 0.493 e. The molecule has 3 rings (SSSR count). The van der Waals surface area contributed by atoms with Gasteiger partial charge < -0.3 is 15.4 Å². The maximum Gasteiger partial charge on any atom is 0.325 e. The van der Waals surface area contributed by atoms with Crippen molar-refractivity contribution in [2.75, 3.05) is 13.2 Å². The third-order valence-corrected chi connectivity index (χ3v) is 4.97. The van der Waals surface area contributed by atoms with Gasteiger partial charge in [-0.15, -0.1) is 0 Å². The second-order valence-electron chi connectivity index (χ2n) is 7.05. The number of nitrogens with one attached hydrogen (secondary N) is 2. The maximum absolute atomic E-state index is 12.6. The normalized spacial score (nSPS) is 24.7. The quantitative estimate of drug-likeness (QED) is 0.762. The van der Waals surface area contributed by atoms with Gasteiger partial charge in [-0.1, -0.05) is 38.0 Å². The summed E-state index contributed by atoms with van der Waals surface area (Å²) in [7, 11) is 0. The van der Waals surface area contributed by atoms with E-state index in [1.165, 1.54) is 0 Å². The van der Waals surface area contributed by atoms with Crippen LogP contribution in [0.15, 0.2) is 24.3 Å². The van der Waals surface area contributed by atoms with Crippen molar-refractivity contribution < 1.29 is 19.1 Å². The molecule has 0 aromatic heterocycles. The highest BCUT2D eigenvalue weighted by atomic mass is 16.5. The second-order valence-corrected chi connectivity index (χ2v) is 7.05. The smallest absolute Gasteiger partial charge is 0.325 e. The summed E-state index contributed by atoms with van der Waals surface area (Å²) in [4.78, 5) is 38.3. The number of hydrogen-bond acceptors (Lipinski definition) is 4. The Labute approximate surface area is 153 Å². The predicted octanol–water partition coefficient (Wildman–Crippen LogP) is 2.13. The van der Waals surface area contributed by atoms with E-state index in [1.54, 1.807) is 6.92 Å². The molecule has 0 spiro atoms. The van der Waals surface area contributed by atoms with Crippen LogP contribution >= 0.6 is 0 Å². The Hall–Kier alpha value is -2.57. The highest BCUT2D eigenvalue weighted by Crippen LogP contribution is 2.31. The molecule has 0 aliphatic carbocycles. The van der Waals surface area contributed by atoms with Crippen LogP contribution in [0, 0.1) is 0 Å². The first-order valence-electron chi connectivity index (χ1n) is 9.10. The zero-order chi connectivity index (χ0) is 18.7. The summed E-state index contributed by atoms with van der Waals surface area (Å²) in [6, 6.07) is 6.87. The summed E-state index contributed by atoms with van der Waals surface area (Å²) in [6.07, 6.45) is 2.99. The van der Waals surface area contributed by atoms with Crippen molar-refractivity contribution in [2.24, 2.45) is 0 Å². The van der Waals surface area contributed by atoms with Crippen molar-refractivity contribution in [3.63, 3.8) is 0 Å². The summed E-state index contributed by atoms with van der Waals surface area (Å²) in [5.74, 6) is 0.0691. The number of carbonyl (C=O) groups is 3. The van der Waals surface area contributed by atoms with Gasteiger partial charge in [0.15, 0.2) is 0 Å². The van der Waals surface area contributed by atoms with E-state index in [9.17, 15) is 14.4 Å². The van der Waals surface area contributed by atoms with E-state index < -0.39 is 11.6 Å². The van der Waals surface area contributed by atoms with E-state index in [0.717, 1.165) is 29.1 Å². The van der Waals surface area contributed by atoms with Crippen molar-refractivity contribution in [1.82, 2.24) is 15.5 Å². The number of urea groups is 1. The van der Waals surface area contributed by atoms with Gasteiger partial charge in [-0.05, 0) is 19.4 Å². The monoisotopic (exact) mass is 359 g/mol. The standard InChI is InChI=1S/C19H25N3O4/c1-3-4-10-19(2)17(24)22(18(25)21-19)12-16(23)20-14-9-11-26-15-8-6-5-7-13(14)15/h5-8,14H,3-4,9-12H2,1-2H3,(H,20,23)(H,21,25)/t14-,19-/m1/s1. The molecule has 7 nitrogen and oxygen atoms in total. The van der Waals surface area contributed by atoms with Gasteiger partial charge in [0.05, 0.1) is 12.6 Å². The van der Waals surface area contributed by atoms with Crippen LogP contribution in [0.1, 0.15) is 51.1 Å². The number of unbranched alkanes of at least 4 members (excludes halogenated alkanes) is 1. The van der Waals surface area contributed by atoms with Crippen LogP contribution in [0.2, 0.25) is 0 Å². The first-order chi connectivity index (χ1) is 12.4. The Bertz CT molecular complexity index is 720. The SMILES string of the molecule is CCCC[C@@]1(C)NC(=O)N(CC(=O)N[C@@H]2CCOc3ccccc32)C1=O. The van der Waals surface area contributed by atoms with Crippen LogP contribution < -0.4 is 15.4 Å². The lowest BCUT2D eigenvalue weighted by Crippen LogP contribution is -2.45. The van der Waals surface area contributed by atoms with Gasteiger partial charge in [-0.25, -0.2) is 4.79 Å². The lowest BCUT2D eigenvalue weighted by atomic mass is 9.95. The van der Waals surface area contributed by atoms with Gasteiger partial charge in [-0.3, -0.25) is 14.5 Å². The molecule has 1 aromatic carbocycles. The van der Waals surface area contributed by atoms with Crippen LogP contribution in [0.4, 0.5) is 4.79 Å². The number of amides is 4. The molecule has 7 heteroatoms. The van der Waals surface area contributed by atoms with Gasteiger partial charge in [0.1, 0.15) is 17.8 Å². The minimum atomic E-state index is -0.918. The van der Waals surface area contributed by atoms with Crippen LogP contribution in [0.25, 0.3) is 0 Å². The number of fused-ring (bicyclic) bond motifs is 1. The molecule has 2 heterocycles. The van der Waals surface area contributed by atoms with E-state index in [0.29, 0.717) is 19.4 Å². The summed E-state index contributed by atoms with van der Waals surface area (Å²) >= 11 is 0. The van der Waals surface area contributed by atoms with E-state index >= 15 is 0 Å². The Balaban J connectivity index is 1.64. The first kappa shape index (κ1) is 18.2. The molecular weight excluding hydrogens is 334 g/mol. The molecule has 26 heavy (non-hydrogen) atoms. The highest BCUT2D eigenvalue weighted by Gasteiger charge is 2.47. The van der Waals surface area contributed by atoms with E-state index in [1.807, 2.05) is 31.2 Å². The van der Waals surface area contributed by atoms with Crippen molar-refractivity contribution in [3.8, 4) is 5.75 Å². The third kappa shape index (κ3) is 3.52. The molecule has 2 aliphatic rings. The van der Waals surface area contributed by atoms with Crippen molar-refractivity contribution >= 4 is 17.8 Å². The molecule has 0 unspecified atom stereocenters. The van der Waals surface area contributed by atoms with Crippen molar-refractivity contribution in [2.45, 2.75) is 51.1 Å². The van der Waals surface area contributed by atoms with Gasteiger partial charge in [0.2, 0.25) is 5.91 Å². The van der Waals surface area contributed by atoms with E-state index in [-0.39, 0.29) is 24.4 Å². The Morgan fingerprint density at radius 2 is 2.15 bits per heavy atom. The zero-order valence-corrected chi connectivity index (χ0v) is 15.2. The minimum Gasteiger partial charge on any atom is -0.493 e. The first-order valence-corrected chi connectivity index (χ1v) is 9.10. The number of imide groups is 1. The number of nitrogens with zero attached hydrogens (tertiary/aromatic N) is 1. The fraction of sp³-hybridized carbons (Fsp3) is 0.526. The van der Waals surface area contributed by atoms with Gasteiger partial charge in [-0.2, -0.15) is 0 Å². The van der Waals surface area contributed by atoms with Crippen LogP contribution in [-0.2, 0) is 9.59 Å². The molecule has 1 aromatic rings. The van der Waals surface area contributed by atoms with Gasteiger partial charge >= 0.3 is 6.03 Å². The van der Waals surface area contributed by atoms with Crippen LogP contribution in [-0.4, -0.2) is 41.4 Å². The van der Waals surface area contributed by atoms with Crippen LogP contribution in [0.5, 0.6) is 5.75 Å². The third-order valence-electron chi connectivity index (χ3n) is 4.97. The fourth-order valence-corrected chi connectivity index (χ4v) is 3.47. The average molecular weight is 359 g/mol. The second kappa shape index (κ2) is 7.35. The average Bonchev–Trinajstić information content (AvgIpc) is 2.84. The molecule has 0 saturated carbocycles. The molecule has 1 fully saturated rings. The van der Waals surface area contributed by atoms with Crippen molar-refractivity contribution in [3.05, 3.63) is 29.8 Å². The summed E-state index contributed by atoms with van der Waals surface area (Å²) in [6.45, 7) is 3.99. The number of benzene rings is 1. The molecule has 2 atom stereocenters. The fourth-order valence-electron chi connectivity index (χ4n) is 3.47. The molecule has 1 saturated heterocycles.